The Morgan fingerprint density at radius 2 is 1.80 bits per heavy atom. The fourth-order valence-corrected chi connectivity index (χ4v) is 3.64. The summed E-state index contributed by atoms with van der Waals surface area (Å²) < 4.78 is 36.6. The molecule has 1 atom stereocenters. The molecule has 0 saturated heterocycles. The molecule has 0 spiro atoms. The van der Waals surface area contributed by atoms with Gasteiger partial charge < -0.3 is 14.5 Å². The van der Waals surface area contributed by atoms with Gasteiger partial charge in [-0.2, -0.15) is 0 Å². The third kappa shape index (κ3) is 4.52. The number of hydrogen-bond acceptors (Lipinski definition) is 6. The number of amides is 1. The van der Waals surface area contributed by atoms with Gasteiger partial charge in [-0.3, -0.25) is 4.79 Å². The molecule has 1 aromatic heterocycles. The monoisotopic (exact) mass is 430 g/mol. The molecule has 0 fully saturated rings. The Hall–Kier alpha value is -3.17. The molecular formula is C21H22N2O6S. The third-order valence-electron chi connectivity index (χ3n) is 4.52. The zero-order valence-electron chi connectivity index (χ0n) is 17.0. The number of benzene rings is 2. The van der Waals surface area contributed by atoms with E-state index < -0.39 is 27.7 Å². The summed E-state index contributed by atoms with van der Waals surface area (Å²) in [7, 11) is -0.751. The van der Waals surface area contributed by atoms with Crippen LogP contribution in [0.25, 0.3) is 11.0 Å². The van der Waals surface area contributed by atoms with Crippen molar-refractivity contribution in [2.24, 2.45) is 0 Å². The maximum Gasteiger partial charge on any atom is 0.336 e. The van der Waals surface area contributed by atoms with E-state index in [2.05, 4.69) is 5.32 Å². The van der Waals surface area contributed by atoms with Gasteiger partial charge in [0.2, 0.25) is 10.0 Å². The van der Waals surface area contributed by atoms with Gasteiger partial charge >= 0.3 is 5.63 Å². The van der Waals surface area contributed by atoms with E-state index in [9.17, 15) is 18.0 Å². The van der Waals surface area contributed by atoms with Crippen LogP contribution in [0, 0.1) is 6.92 Å². The molecule has 3 aromatic rings. The van der Waals surface area contributed by atoms with Crippen molar-refractivity contribution in [2.75, 3.05) is 19.4 Å². The second-order valence-corrected chi connectivity index (χ2v) is 9.12. The van der Waals surface area contributed by atoms with E-state index in [1.54, 1.807) is 38.1 Å². The molecule has 1 heterocycles. The summed E-state index contributed by atoms with van der Waals surface area (Å²) in [6.07, 6.45) is -0.883. The third-order valence-corrected chi connectivity index (χ3v) is 6.33. The van der Waals surface area contributed by atoms with Crippen LogP contribution in [0.5, 0.6) is 5.75 Å². The highest BCUT2D eigenvalue weighted by Crippen LogP contribution is 2.23. The standard InChI is InChI=1S/C21H22N2O6S/c1-13-5-9-17(30(26,27)23(3)4)12-18(13)22-21(25)14(2)28-16-8-6-15-7-10-20(24)29-19(15)11-16/h5-12,14H,1-4H3,(H,22,25). The second-order valence-electron chi connectivity index (χ2n) is 6.97. The Morgan fingerprint density at radius 3 is 2.50 bits per heavy atom. The van der Waals surface area contributed by atoms with Crippen molar-refractivity contribution in [3.63, 3.8) is 0 Å². The quantitative estimate of drug-likeness (QED) is 0.603. The van der Waals surface area contributed by atoms with Crippen LogP contribution in [0.2, 0.25) is 0 Å². The Labute approximate surface area is 174 Å². The molecule has 158 valence electrons. The fraction of sp³-hybridized carbons (Fsp3) is 0.238. The predicted octanol–water partition coefficient (Wildman–Crippen LogP) is 2.76. The first kappa shape index (κ1) is 21.5. The molecule has 0 bridgehead atoms. The minimum atomic E-state index is -3.63. The van der Waals surface area contributed by atoms with Gasteiger partial charge in [-0.15, -0.1) is 0 Å². The van der Waals surface area contributed by atoms with Crippen molar-refractivity contribution in [1.82, 2.24) is 4.31 Å². The van der Waals surface area contributed by atoms with Crippen molar-refractivity contribution in [3.05, 3.63) is 64.5 Å². The lowest BCUT2D eigenvalue weighted by Gasteiger charge is -2.17. The molecule has 2 aromatic carbocycles. The van der Waals surface area contributed by atoms with Crippen LogP contribution >= 0.6 is 0 Å². The van der Waals surface area contributed by atoms with Gasteiger partial charge in [0, 0.05) is 37.3 Å². The Balaban J connectivity index is 1.78. The van der Waals surface area contributed by atoms with Crippen molar-refractivity contribution >= 4 is 32.6 Å². The molecule has 0 saturated carbocycles. The van der Waals surface area contributed by atoms with E-state index in [-0.39, 0.29) is 4.90 Å². The highest BCUT2D eigenvalue weighted by atomic mass is 32.2. The van der Waals surface area contributed by atoms with Crippen molar-refractivity contribution < 1.29 is 22.4 Å². The highest BCUT2D eigenvalue weighted by Gasteiger charge is 2.20. The van der Waals surface area contributed by atoms with E-state index in [0.717, 1.165) is 9.69 Å². The van der Waals surface area contributed by atoms with Gasteiger partial charge in [-0.1, -0.05) is 6.07 Å². The maximum atomic E-state index is 12.6. The number of ether oxygens (including phenoxy) is 1. The first-order chi connectivity index (χ1) is 14.1. The Bertz CT molecular complexity index is 1260. The van der Waals surface area contributed by atoms with Crippen LogP contribution in [0.15, 0.2) is 62.6 Å². The molecule has 0 aliphatic heterocycles. The Kier molecular flexibility index (Phi) is 5.95. The SMILES string of the molecule is Cc1ccc(S(=O)(=O)N(C)C)cc1NC(=O)C(C)Oc1ccc2ccc(=O)oc2c1. The van der Waals surface area contributed by atoms with Crippen LogP contribution in [0.3, 0.4) is 0 Å². The number of rotatable bonds is 6. The van der Waals surface area contributed by atoms with Gasteiger partial charge in [0.15, 0.2) is 6.10 Å². The average Bonchev–Trinajstić information content (AvgIpc) is 2.68. The summed E-state index contributed by atoms with van der Waals surface area (Å²) in [5.74, 6) is -0.0905. The predicted molar refractivity (Wildman–Crippen MR) is 113 cm³/mol. The van der Waals surface area contributed by atoms with Gasteiger partial charge in [0.1, 0.15) is 11.3 Å². The molecule has 1 amide bonds. The largest absolute Gasteiger partial charge is 0.481 e. The lowest BCUT2D eigenvalue weighted by atomic mass is 10.2. The first-order valence-electron chi connectivity index (χ1n) is 9.12. The zero-order chi connectivity index (χ0) is 22.1. The van der Waals surface area contributed by atoms with Crippen molar-refractivity contribution in [3.8, 4) is 5.75 Å². The summed E-state index contributed by atoms with van der Waals surface area (Å²) >= 11 is 0. The van der Waals surface area contributed by atoms with Crippen LogP contribution in [0.1, 0.15) is 12.5 Å². The first-order valence-corrected chi connectivity index (χ1v) is 10.6. The maximum absolute atomic E-state index is 12.6. The van der Waals surface area contributed by atoms with Crippen LogP contribution in [-0.4, -0.2) is 38.8 Å². The number of nitrogens with zero attached hydrogens (tertiary/aromatic N) is 1. The second kappa shape index (κ2) is 8.29. The van der Waals surface area contributed by atoms with E-state index in [1.165, 1.54) is 38.4 Å². The normalized spacial score (nSPS) is 12.7. The summed E-state index contributed by atoms with van der Waals surface area (Å²) in [5.41, 5.74) is 0.960. The topological polar surface area (TPSA) is 106 Å². The Morgan fingerprint density at radius 1 is 1.10 bits per heavy atom. The van der Waals surface area contributed by atoms with Gasteiger partial charge in [0.05, 0.1) is 4.90 Å². The number of carbonyl (C=O) groups is 1. The number of anilines is 1. The van der Waals surface area contributed by atoms with E-state index in [4.69, 9.17) is 9.15 Å². The number of fused-ring (bicyclic) bond motifs is 1. The van der Waals surface area contributed by atoms with Crippen LogP contribution < -0.4 is 15.7 Å². The fourth-order valence-electron chi connectivity index (χ4n) is 2.71. The van der Waals surface area contributed by atoms with Gasteiger partial charge in [-0.25, -0.2) is 17.5 Å². The highest BCUT2D eigenvalue weighted by molar-refractivity contribution is 7.89. The van der Waals surface area contributed by atoms with Crippen LogP contribution in [-0.2, 0) is 14.8 Å². The molecule has 0 aliphatic carbocycles. The van der Waals surface area contributed by atoms with E-state index in [1.807, 2.05) is 0 Å². The smallest absolute Gasteiger partial charge is 0.336 e. The summed E-state index contributed by atoms with van der Waals surface area (Å²) in [4.78, 5) is 24.1. The van der Waals surface area contributed by atoms with E-state index in [0.29, 0.717) is 22.6 Å². The van der Waals surface area contributed by atoms with E-state index >= 15 is 0 Å². The summed E-state index contributed by atoms with van der Waals surface area (Å²) in [5, 5.41) is 3.44. The average molecular weight is 430 g/mol. The summed E-state index contributed by atoms with van der Waals surface area (Å²) in [6, 6.07) is 12.4. The molecule has 3 rings (SSSR count). The molecule has 30 heavy (non-hydrogen) atoms. The molecule has 9 heteroatoms. The summed E-state index contributed by atoms with van der Waals surface area (Å²) in [6.45, 7) is 3.33. The lowest BCUT2D eigenvalue weighted by Crippen LogP contribution is -2.30. The molecule has 0 radical (unpaired) electrons. The van der Waals surface area contributed by atoms with Crippen molar-refractivity contribution in [2.45, 2.75) is 24.8 Å². The minimum absolute atomic E-state index is 0.0755. The van der Waals surface area contributed by atoms with Crippen molar-refractivity contribution in [1.29, 1.82) is 0 Å². The number of aryl methyl sites for hydroxylation is 1. The number of hydrogen-bond donors (Lipinski definition) is 1. The number of sulfonamides is 1. The zero-order valence-corrected chi connectivity index (χ0v) is 17.8. The van der Waals surface area contributed by atoms with Crippen LogP contribution in [0.4, 0.5) is 5.69 Å². The minimum Gasteiger partial charge on any atom is -0.481 e. The van der Waals surface area contributed by atoms with Gasteiger partial charge in [-0.05, 0) is 49.7 Å². The number of nitrogens with one attached hydrogen (secondary N) is 1. The molecule has 8 nitrogen and oxygen atoms in total. The molecule has 1 unspecified atom stereocenters. The molecule has 1 N–H and O–H groups in total. The number of carbonyl (C=O) groups excluding carboxylic acids is 1. The lowest BCUT2D eigenvalue weighted by molar-refractivity contribution is -0.122. The molecule has 0 aliphatic rings. The molecular weight excluding hydrogens is 408 g/mol. The van der Waals surface area contributed by atoms with Gasteiger partial charge in [0.25, 0.3) is 5.91 Å².